The Kier molecular flexibility index (Phi) is 6.57. The van der Waals surface area contributed by atoms with Crippen LogP contribution in [0.4, 0.5) is 24.5 Å². The number of benzene rings is 2. The van der Waals surface area contributed by atoms with E-state index in [1.807, 2.05) is 0 Å². The van der Waals surface area contributed by atoms with Crippen LogP contribution in [0.1, 0.15) is 17.5 Å². The fourth-order valence-corrected chi connectivity index (χ4v) is 2.66. The van der Waals surface area contributed by atoms with Crippen LogP contribution >= 0.6 is 0 Å². The predicted octanol–water partition coefficient (Wildman–Crippen LogP) is 2.35. The molecule has 150 valence electrons. The minimum absolute atomic E-state index is 0. The van der Waals surface area contributed by atoms with Crippen LogP contribution in [0.2, 0.25) is 0 Å². The van der Waals surface area contributed by atoms with Gasteiger partial charge >= 0.3 is 6.18 Å². The number of hydrogen-bond acceptors (Lipinski definition) is 5. The third kappa shape index (κ3) is 4.97. The molecule has 0 saturated carbocycles. The summed E-state index contributed by atoms with van der Waals surface area (Å²) in [5, 5.41) is 4.19. The molecule has 28 heavy (non-hydrogen) atoms. The van der Waals surface area contributed by atoms with Gasteiger partial charge in [0, 0.05) is 39.9 Å². The van der Waals surface area contributed by atoms with Crippen LogP contribution in [-0.2, 0) is 17.4 Å². The van der Waals surface area contributed by atoms with Crippen LogP contribution in [0.25, 0.3) is 0 Å². The zero-order valence-corrected chi connectivity index (χ0v) is 14.5. The highest BCUT2D eigenvalue weighted by Crippen LogP contribution is 2.33. The summed E-state index contributed by atoms with van der Waals surface area (Å²) in [6, 6.07) is 7.79. The van der Waals surface area contributed by atoms with E-state index in [-0.39, 0.29) is 29.9 Å². The maximum atomic E-state index is 12.7. The van der Waals surface area contributed by atoms with Crippen molar-refractivity contribution >= 4 is 17.3 Å². The summed E-state index contributed by atoms with van der Waals surface area (Å²) in [5.41, 5.74) is -0.281. The van der Waals surface area contributed by atoms with Gasteiger partial charge in [0.25, 0.3) is 5.69 Å². The molecule has 3 N–H and O–H groups in total. The minimum atomic E-state index is -4.54. The van der Waals surface area contributed by atoms with Crippen LogP contribution in [0, 0.1) is 4.91 Å². The molecule has 0 saturated heterocycles. The van der Waals surface area contributed by atoms with Crippen molar-refractivity contribution in [1.29, 1.82) is 0 Å². The van der Waals surface area contributed by atoms with E-state index in [4.69, 9.17) is 9.47 Å². The summed E-state index contributed by atoms with van der Waals surface area (Å²) in [6.45, 7) is 0.880. The second-order valence-corrected chi connectivity index (χ2v) is 5.88. The van der Waals surface area contributed by atoms with E-state index in [1.54, 1.807) is 18.2 Å². The second-order valence-electron chi connectivity index (χ2n) is 5.88. The van der Waals surface area contributed by atoms with Gasteiger partial charge in [-0.2, -0.15) is 13.2 Å². The van der Waals surface area contributed by atoms with E-state index in [1.165, 1.54) is 11.2 Å². The third-order valence-corrected chi connectivity index (χ3v) is 3.99. The molecule has 1 amide bonds. The van der Waals surface area contributed by atoms with Gasteiger partial charge in [0.1, 0.15) is 13.2 Å². The molecule has 1 aliphatic heterocycles. The molecule has 0 spiro atoms. The van der Waals surface area contributed by atoms with Crippen molar-refractivity contribution in [2.75, 3.05) is 18.5 Å². The van der Waals surface area contributed by atoms with Crippen LogP contribution in [0.3, 0.4) is 0 Å². The molecule has 1 aliphatic rings. The quantitative estimate of drug-likeness (QED) is 0.804. The molecule has 10 heteroatoms. The number of nitrogens with one attached hydrogen (secondary N) is 2. The molecular weight excluding hydrogens is 381 g/mol. The van der Waals surface area contributed by atoms with Crippen molar-refractivity contribution < 1.29 is 38.1 Å². The SMILES string of the molecule is O=[NH+]c1cc(C(F)(F)F)ccc1CCC(=O)Nc1ccc2c(c1)OCCO2.[OH-]. The predicted molar refractivity (Wildman–Crippen MR) is 91.8 cm³/mol. The zero-order chi connectivity index (χ0) is 19.4. The maximum Gasteiger partial charge on any atom is 0.416 e. The van der Waals surface area contributed by atoms with Gasteiger partial charge in [0.15, 0.2) is 11.5 Å². The normalized spacial score (nSPS) is 12.7. The highest BCUT2D eigenvalue weighted by atomic mass is 19.4. The van der Waals surface area contributed by atoms with E-state index in [2.05, 4.69) is 5.32 Å². The summed E-state index contributed by atoms with van der Waals surface area (Å²) < 4.78 is 48.9. The number of carbonyl (C=O) groups is 1. The summed E-state index contributed by atoms with van der Waals surface area (Å²) in [4.78, 5) is 23.1. The minimum Gasteiger partial charge on any atom is -0.870 e. The molecule has 1 heterocycles. The average molecular weight is 398 g/mol. The molecule has 0 aromatic heterocycles. The van der Waals surface area contributed by atoms with Gasteiger partial charge in [-0.3, -0.25) is 4.79 Å². The third-order valence-electron chi connectivity index (χ3n) is 3.99. The molecule has 2 aromatic rings. The first-order chi connectivity index (χ1) is 12.9. The summed E-state index contributed by atoms with van der Waals surface area (Å²) >= 11 is 0. The number of rotatable bonds is 5. The van der Waals surface area contributed by atoms with Crippen LogP contribution < -0.4 is 20.0 Å². The number of anilines is 1. The Morgan fingerprint density at radius 1 is 1.07 bits per heavy atom. The van der Waals surface area contributed by atoms with Gasteiger partial charge in [0.2, 0.25) is 5.91 Å². The first-order valence-electron chi connectivity index (χ1n) is 8.14. The molecular formula is C18H17F3N2O5. The molecule has 2 aromatic carbocycles. The van der Waals surface area contributed by atoms with Crippen molar-refractivity contribution in [3.8, 4) is 11.5 Å². The number of aryl methyl sites for hydroxylation is 1. The Morgan fingerprint density at radius 3 is 2.46 bits per heavy atom. The van der Waals surface area contributed by atoms with Crippen molar-refractivity contribution in [1.82, 2.24) is 0 Å². The number of amides is 1. The average Bonchev–Trinajstić information content (AvgIpc) is 2.65. The largest absolute Gasteiger partial charge is 0.870 e. The number of carbonyl (C=O) groups excluding carboxylic acids is 1. The lowest BCUT2D eigenvalue weighted by molar-refractivity contribution is -0.380. The van der Waals surface area contributed by atoms with Crippen LogP contribution in [0.5, 0.6) is 11.5 Å². The van der Waals surface area contributed by atoms with Crippen LogP contribution in [0.15, 0.2) is 36.4 Å². The molecule has 0 bridgehead atoms. The van der Waals surface area contributed by atoms with Crippen LogP contribution in [-0.4, -0.2) is 24.6 Å². The highest BCUT2D eigenvalue weighted by Gasteiger charge is 2.32. The van der Waals surface area contributed by atoms with Crippen molar-refractivity contribution in [2.24, 2.45) is 0 Å². The van der Waals surface area contributed by atoms with Gasteiger partial charge in [0.05, 0.1) is 5.56 Å². The van der Waals surface area contributed by atoms with Gasteiger partial charge in [-0.15, -0.1) is 0 Å². The van der Waals surface area contributed by atoms with E-state index in [0.29, 0.717) is 36.0 Å². The lowest BCUT2D eigenvalue weighted by atomic mass is 10.0. The van der Waals surface area contributed by atoms with Gasteiger partial charge < -0.3 is 20.3 Å². The molecule has 0 aliphatic carbocycles. The molecule has 7 nitrogen and oxygen atoms in total. The summed E-state index contributed by atoms with van der Waals surface area (Å²) in [6.07, 6.45) is -4.44. The van der Waals surface area contributed by atoms with Gasteiger partial charge in [-0.25, -0.2) is 0 Å². The number of nitroso groups, excluding NO2 is 1. The molecule has 0 atom stereocenters. The Hall–Kier alpha value is -3.14. The first kappa shape index (κ1) is 21.2. The van der Waals surface area contributed by atoms with Crippen molar-refractivity contribution in [3.05, 3.63) is 52.4 Å². The monoisotopic (exact) mass is 398 g/mol. The number of halogens is 3. The molecule has 0 radical (unpaired) electrons. The summed E-state index contributed by atoms with van der Waals surface area (Å²) in [5.74, 6) is 0.776. The Balaban J connectivity index is 0.00000280. The van der Waals surface area contributed by atoms with Gasteiger partial charge in [-0.05, 0) is 24.6 Å². The van der Waals surface area contributed by atoms with Crippen molar-refractivity contribution in [3.63, 3.8) is 0 Å². The molecule has 3 rings (SSSR count). The van der Waals surface area contributed by atoms with E-state index in [9.17, 15) is 22.9 Å². The number of fused-ring (bicyclic) bond motifs is 1. The van der Waals surface area contributed by atoms with E-state index in [0.717, 1.165) is 12.1 Å². The Labute approximate surface area is 157 Å². The maximum absolute atomic E-state index is 12.7. The number of ether oxygens (including phenoxy) is 2. The number of hydrogen-bond donors (Lipinski definition) is 2. The molecule has 0 fully saturated rings. The lowest BCUT2D eigenvalue weighted by Gasteiger charge is -2.19. The fourth-order valence-electron chi connectivity index (χ4n) is 2.66. The first-order valence-corrected chi connectivity index (χ1v) is 8.14. The summed E-state index contributed by atoms with van der Waals surface area (Å²) in [7, 11) is 0. The van der Waals surface area contributed by atoms with Crippen molar-refractivity contribution in [2.45, 2.75) is 19.0 Å². The Bertz CT molecular complexity index is 871. The van der Waals surface area contributed by atoms with Gasteiger partial charge in [-0.1, -0.05) is 6.07 Å². The topological polar surface area (TPSA) is 109 Å². The Morgan fingerprint density at radius 2 is 1.79 bits per heavy atom. The standard InChI is InChI=1S/C18H15F3N2O4.H2O/c19-18(20,21)12-3-1-11(14(9-12)23-25)2-6-17(24)22-13-4-5-15-16(10-13)27-8-7-26-15;/h1,3-5,9-10H,2,6-8H2,(H,22,24);1H2. The fraction of sp³-hybridized carbons (Fsp3) is 0.278. The number of alkyl halides is 3. The smallest absolute Gasteiger partial charge is 0.416 e. The van der Waals surface area contributed by atoms with E-state index < -0.39 is 11.7 Å². The molecule has 0 unspecified atom stereocenters. The van der Waals surface area contributed by atoms with E-state index >= 15 is 0 Å². The lowest BCUT2D eigenvalue weighted by Crippen LogP contribution is -2.56. The second kappa shape index (κ2) is 8.70. The zero-order valence-electron chi connectivity index (χ0n) is 14.5. The highest BCUT2D eigenvalue weighted by molar-refractivity contribution is 5.91.